The Morgan fingerprint density at radius 1 is 1.48 bits per heavy atom. The van der Waals surface area contributed by atoms with Crippen molar-refractivity contribution in [1.29, 1.82) is 0 Å². The Morgan fingerprint density at radius 2 is 2.19 bits per heavy atom. The van der Waals surface area contributed by atoms with Gasteiger partial charge < -0.3 is 10.4 Å². The predicted octanol–water partition coefficient (Wildman–Crippen LogP) is 0.216. The van der Waals surface area contributed by atoms with Gasteiger partial charge in [-0.15, -0.1) is 0 Å². The first-order chi connectivity index (χ1) is 10.1. The molecule has 2 heterocycles. The highest BCUT2D eigenvalue weighted by molar-refractivity contribution is 5.85. The lowest BCUT2D eigenvalue weighted by Gasteiger charge is -2.21. The van der Waals surface area contributed by atoms with Crippen LogP contribution < -0.4 is 16.2 Å². The summed E-state index contributed by atoms with van der Waals surface area (Å²) in [6.07, 6.45) is 4.46. The molecule has 1 aromatic rings. The smallest absolute Gasteiger partial charge is 0.326 e. The number of carbonyl (C=O) groups is 2. The molecule has 0 aromatic carbocycles. The number of pyridine rings is 1. The Kier molecular flexibility index (Phi) is 5.24. The van der Waals surface area contributed by atoms with E-state index in [9.17, 15) is 9.59 Å². The molecule has 1 fully saturated rings. The van der Waals surface area contributed by atoms with Crippen LogP contribution in [0.2, 0.25) is 0 Å². The topological polar surface area (TPSA) is 103 Å². The van der Waals surface area contributed by atoms with Crippen LogP contribution in [0.1, 0.15) is 31.4 Å². The lowest BCUT2D eigenvalue weighted by Crippen LogP contribution is -2.45. The van der Waals surface area contributed by atoms with Crippen molar-refractivity contribution in [2.24, 2.45) is 5.92 Å². The molecule has 21 heavy (non-hydrogen) atoms. The SMILES string of the molecule is CCCC(NC(=O)C1CNNC1c1ccncc1)C(=O)O. The molecule has 1 aliphatic heterocycles. The lowest BCUT2D eigenvalue weighted by atomic mass is 9.94. The molecule has 7 nitrogen and oxygen atoms in total. The van der Waals surface area contributed by atoms with Gasteiger partial charge in [-0.1, -0.05) is 13.3 Å². The summed E-state index contributed by atoms with van der Waals surface area (Å²) in [5.74, 6) is -1.61. The van der Waals surface area contributed by atoms with Crippen molar-refractivity contribution < 1.29 is 14.7 Å². The average molecular weight is 292 g/mol. The summed E-state index contributed by atoms with van der Waals surface area (Å²) >= 11 is 0. The van der Waals surface area contributed by atoms with E-state index in [0.717, 1.165) is 5.56 Å². The van der Waals surface area contributed by atoms with Crippen molar-refractivity contribution >= 4 is 11.9 Å². The number of hydrazine groups is 1. The van der Waals surface area contributed by atoms with Gasteiger partial charge in [0.1, 0.15) is 6.04 Å². The van der Waals surface area contributed by atoms with Crippen LogP contribution in [-0.4, -0.2) is 34.6 Å². The third-order valence-corrected chi connectivity index (χ3v) is 3.58. The number of hydrogen-bond donors (Lipinski definition) is 4. The Bertz CT molecular complexity index is 494. The summed E-state index contributed by atoms with van der Waals surface area (Å²) in [5.41, 5.74) is 6.95. The van der Waals surface area contributed by atoms with E-state index < -0.39 is 12.0 Å². The van der Waals surface area contributed by atoms with Crippen LogP contribution in [0.25, 0.3) is 0 Å². The molecule has 114 valence electrons. The number of carboxylic acid groups (broad SMARTS) is 1. The van der Waals surface area contributed by atoms with E-state index in [1.54, 1.807) is 12.4 Å². The molecule has 1 aromatic heterocycles. The molecule has 0 aliphatic carbocycles. The third kappa shape index (κ3) is 3.77. The number of carboxylic acids is 1. The second-order valence-electron chi connectivity index (χ2n) is 5.08. The first kappa shape index (κ1) is 15.4. The normalized spacial score (nSPS) is 22.7. The van der Waals surface area contributed by atoms with Crippen LogP contribution in [0.15, 0.2) is 24.5 Å². The van der Waals surface area contributed by atoms with Crippen molar-refractivity contribution in [3.63, 3.8) is 0 Å². The highest BCUT2D eigenvalue weighted by Crippen LogP contribution is 2.24. The maximum atomic E-state index is 12.3. The van der Waals surface area contributed by atoms with Gasteiger partial charge in [0.15, 0.2) is 0 Å². The summed E-state index contributed by atoms with van der Waals surface area (Å²) in [6.45, 7) is 2.35. The summed E-state index contributed by atoms with van der Waals surface area (Å²) in [4.78, 5) is 27.4. The summed E-state index contributed by atoms with van der Waals surface area (Å²) < 4.78 is 0. The minimum absolute atomic E-state index is 0.191. The van der Waals surface area contributed by atoms with Crippen LogP contribution in [0, 0.1) is 5.92 Å². The van der Waals surface area contributed by atoms with Gasteiger partial charge in [-0.2, -0.15) is 0 Å². The molecule has 0 saturated carbocycles. The van der Waals surface area contributed by atoms with Crippen LogP contribution in [0.5, 0.6) is 0 Å². The Labute approximate surface area is 123 Å². The van der Waals surface area contributed by atoms with Gasteiger partial charge in [-0.25, -0.2) is 10.2 Å². The van der Waals surface area contributed by atoms with Gasteiger partial charge >= 0.3 is 5.97 Å². The molecular formula is C14H20N4O3. The van der Waals surface area contributed by atoms with E-state index in [1.165, 1.54) is 0 Å². The van der Waals surface area contributed by atoms with Crippen LogP contribution in [0.4, 0.5) is 0 Å². The number of rotatable bonds is 6. The molecule has 0 radical (unpaired) electrons. The van der Waals surface area contributed by atoms with Crippen molar-refractivity contribution in [3.05, 3.63) is 30.1 Å². The van der Waals surface area contributed by atoms with Gasteiger partial charge in [0.25, 0.3) is 0 Å². The van der Waals surface area contributed by atoms with E-state index in [2.05, 4.69) is 21.2 Å². The monoisotopic (exact) mass is 292 g/mol. The van der Waals surface area contributed by atoms with Crippen molar-refractivity contribution in [1.82, 2.24) is 21.2 Å². The highest BCUT2D eigenvalue weighted by Gasteiger charge is 2.35. The Balaban J connectivity index is 2.05. The number of aromatic nitrogens is 1. The van der Waals surface area contributed by atoms with E-state index in [1.807, 2.05) is 19.1 Å². The number of aliphatic carboxylic acids is 1. The zero-order valence-corrected chi connectivity index (χ0v) is 11.9. The molecule has 0 spiro atoms. The number of amides is 1. The molecule has 3 unspecified atom stereocenters. The van der Waals surface area contributed by atoms with Crippen molar-refractivity contribution in [2.45, 2.75) is 31.8 Å². The second kappa shape index (κ2) is 7.14. The van der Waals surface area contributed by atoms with Gasteiger partial charge in [0.2, 0.25) is 5.91 Å². The van der Waals surface area contributed by atoms with Crippen LogP contribution in [0.3, 0.4) is 0 Å². The molecule has 2 rings (SSSR count). The maximum Gasteiger partial charge on any atom is 0.326 e. The third-order valence-electron chi connectivity index (χ3n) is 3.58. The van der Waals surface area contributed by atoms with E-state index >= 15 is 0 Å². The molecule has 0 bridgehead atoms. The van der Waals surface area contributed by atoms with Crippen LogP contribution >= 0.6 is 0 Å². The standard InChI is InChI=1S/C14H20N4O3/c1-2-3-11(14(20)21)17-13(19)10-8-16-18-12(10)9-4-6-15-7-5-9/h4-7,10-12,16,18H,2-3,8H2,1H3,(H,17,19)(H,20,21). The summed E-state index contributed by atoms with van der Waals surface area (Å²) in [5, 5.41) is 11.7. The van der Waals surface area contributed by atoms with E-state index in [0.29, 0.717) is 19.4 Å². The summed E-state index contributed by atoms with van der Waals surface area (Å²) in [7, 11) is 0. The maximum absolute atomic E-state index is 12.3. The number of carbonyl (C=O) groups excluding carboxylic acids is 1. The Hall–Kier alpha value is -1.99. The van der Waals surface area contributed by atoms with Gasteiger partial charge in [-0.3, -0.25) is 15.2 Å². The largest absolute Gasteiger partial charge is 0.480 e. The molecule has 1 saturated heterocycles. The van der Waals surface area contributed by atoms with Crippen molar-refractivity contribution in [3.8, 4) is 0 Å². The van der Waals surface area contributed by atoms with Gasteiger partial charge in [0, 0.05) is 18.9 Å². The average Bonchev–Trinajstić information content (AvgIpc) is 2.97. The summed E-state index contributed by atoms with van der Waals surface area (Å²) in [6, 6.07) is 2.66. The highest BCUT2D eigenvalue weighted by atomic mass is 16.4. The predicted molar refractivity (Wildman–Crippen MR) is 76.1 cm³/mol. The zero-order chi connectivity index (χ0) is 15.2. The van der Waals surface area contributed by atoms with Gasteiger partial charge in [0.05, 0.1) is 12.0 Å². The molecule has 4 N–H and O–H groups in total. The van der Waals surface area contributed by atoms with E-state index in [4.69, 9.17) is 5.11 Å². The minimum Gasteiger partial charge on any atom is -0.480 e. The zero-order valence-electron chi connectivity index (χ0n) is 11.9. The first-order valence-electron chi connectivity index (χ1n) is 7.05. The first-order valence-corrected chi connectivity index (χ1v) is 7.05. The molecular weight excluding hydrogens is 272 g/mol. The molecule has 1 aliphatic rings. The fourth-order valence-corrected chi connectivity index (χ4v) is 2.45. The number of nitrogens with zero attached hydrogens (tertiary/aromatic N) is 1. The fraction of sp³-hybridized carbons (Fsp3) is 0.500. The molecule has 3 atom stereocenters. The molecule has 7 heteroatoms. The number of hydrogen-bond acceptors (Lipinski definition) is 5. The fourth-order valence-electron chi connectivity index (χ4n) is 2.45. The number of nitrogens with one attached hydrogen (secondary N) is 3. The van der Waals surface area contributed by atoms with E-state index in [-0.39, 0.29) is 17.9 Å². The minimum atomic E-state index is -0.996. The van der Waals surface area contributed by atoms with Crippen LogP contribution in [-0.2, 0) is 9.59 Å². The quantitative estimate of drug-likeness (QED) is 0.598. The van der Waals surface area contributed by atoms with Gasteiger partial charge in [-0.05, 0) is 24.1 Å². The molecule has 1 amide bonds. The second-order valence-corrected chi connectivity index (χ2v) is 5.08. The van der Waals surface area contributed by atoms with Crippen molar-refractivity contribution in [2.75, 3.05) is 6.54 Å². The lowest BCUT2D eigenvalue weighted by molar-refractivity contribution is -0.142. The Morgan fingerprint density at radius 3 is 2.81 bits per heavy atom.